The van der Waals surface area contributed by atoms with Gasteiger partial charge in [-0.05, 0) is 5.75 Å². The molecule has 0 fully saturated rings. The van der Waals surface area contributed by atoms with Crippen LogP contribution in [0.1, 0.15) is 0 Å². The topological polar surface area (TPSA) is 60.7 Å². The van der Waals surface area contributed by atoms with Gasteiger partial charge in [0.2, 0.25) is 0 Å². The normalized spacial score (nSPS) is 12.0. The summed E-state index contributed by atoms with van der Waals surface area (Å²) in [4.78, 5) is 24.7. The number of thiol groups is 1. The molecule has 0 spiro atoms. The van der Waals surface area contributed by atoms with Crippen molar-refractivity contribution in [2.45, 2.75) is 6.04 Å². The second kappa shape index (κ2) is 2.68. The first-order valence-corrected chi connectivity index (χ1v) is 4.52. The van der Waals surface area contributed by atoms with Crippen molar-refractivity contribution in [3.63, 3.8) is 0 Å². The second-order valence-electron chi connectivity index (χ2n) is 1.25. The van der Waals surface area contributed by atoms with E-state index in [1.807, 2.05) is 0 Å². The maximum Gasteiger partial charge on any atom is 0.493 e. The van der Waals surface area contributed by atoms with Crippen molar-refractivity contribution in [2.75, 3.05) is 5.75 Å². The van der Waals surface area contributed by atoms with Crippen LogP contribution in [-0.4, -0.2) is 28.9 Å². The van der Waals surface area contributed by atoms with Gasteiger partial charge in [0.1, 0.15) is 0 Å². The summed E-state index contributed by atoms with van der Waals surface area (Å²) in [6, 6.07) is 0.0100. The summed E-state index contributed by atoms with van der Waals surface area (Å²) in [5.41, 5.74) is 0. The molecule has 0 amide bonds. The lowest BCUT2D eigenvalue weighted by atomic mass is 11.0. The van der Waals surface area contributed by atoms with Crippen LogP contribution in [0.3, 0.4) is 0 Å². The van der Waals surface area contributed by atoms with E-state index in [9.17, 15) is 0 Å². The molecule has 3 nitrogen and oxygen atoms in total. The summed E-state index contributed by atoms with van der Waals surface area (Å²) in [6.45, 7) is 0. The zero-order chi connectivity index (χ0) is 5.91. The summed E-state index contributed by atoms with van der Waals surface area (Å²) in [5, 5.41) is 0. The first-order valence-electron chi connectivity index (χ1n) is 1.84. The summed E-state index contributed by atoms with van der Waals surface area (Å²) < 4.78 is 0. The zero-order valence-corrected chi connectivity index (χ0v) is 5.60. The quantitative estimate of drug-likeness (QED) is 0.289. The van der Waals surface area contributed by atoms with Gasteiger partial charge in [-0.25, -0.2) is 0 Å². The van der Waals surface area contributed by atoms with Gasteiger partial charge < -0.3 is 14.4 Å². The highest BCUT2D eigenvalue weighted by Crippen LogP contribution is 1.95. The lowest BCUT2D eigenvalue weighted by Crippen LogP contribution is -2.34. The van der Waals surface area contributed by atoms with Gasteiger partial charge in [0.15, 0.2) is 0 Å². The molecular formula is C2H8O3SSi. The van der Waals surface area contributed by atoms with Crippen molar-refractivity contribution in [3.05, 3.63) is 0 Å². The van der Waals surface area contributed by atoms with E-state index in [1.54, 1.807) is 0 Å². The van der Waals surface area contributed by atoms with Gasteiger partial charge in [0, 0.05) is 6.04 Å². The minimum Gasteiger partial charge on any atom is -0.390 e. The van der Waals surface area contributed by atoms with Gasteiger partial charge in [-0.2, -0.15) is 12.6 Å². The van der Waals surface area contributed by atoms with Crippen molar-refractivity contribution < 1.29 is 14.4 Å². The van der Waals surface area contributed by atoms with E-state index in [0.717, 1.165) is 0 Å². The molecule has 0 aromatic carbocycles. The highest BCUT2D eigenvalue weighted by Gasteiger charge is 2.24. The van der Waals surface area contributed by atoms with Crippen LogP contribution in [0.4, 0.5) is 0 Å². The predicted molar refractivity (Wildman–Crippen MR) is 31.1 cm³/mol. The summed E-state index contributed by atoms with van der Waals surface area (Å²) >= 11 is 3.67. The first kappa shape index (κ1) is 7.45. The zero-order valence-electron chi connectivity index (χ0n) is 3.70. The largest absolute Gasteiger partial charge is 0.493 e. The molecule has 44 valence electrons. The third-order valence-corrected chi connectivity index (χ3v) is 2.01. The van der Waals surface area contributed by atoms with E-state index in [1.165, 1.54) is 0 Å². The Hall–Kier alpha value is 0.447. The number of rotatable bonds is 2. The molecule has 0 rings (SSSR count). The molecule has 0 unspecified atom stereocenters. The van der Waals surface area contributed by atoms with E-state index in [2.05, 4.69) is 12.6 Å². The molecule has 0 bridgehead atoms. The fraction of sp³-hybridized carbons (Fsp3) is 1.00. The molecule has 3 N–H and O–H groups in total. The third kappa shape index (κ3) is 6.45. The molecule has 0 aliphatic carbocycles. The molecule has 0 aliphatic heterocycles. The SMILES string of the molecule is O[Si](O)(O)CCS. The van der Waals surface area contributed by atoms with Gasteiger partial charge >= 0.3 is 8.80 Å². The van der Waals surface area contributed by atoms with Crippen LogP contribution in [0.15, 0.2) is 0 Å². The average Bonchev–Trinajstić information content (AvgIpc) is 1.30. The van der Waals surface area contributed by atoms with Crippen molar-refractivity contribution in [1.82, 2.24) is 0 Å². The Morgan fingerprint density at radius 3 is 1.71 bits per heavy atom. The van der Waals surface area contributed by atoms with Crippen LogP contribution < -0.4 is 0 Å². The monoisotopic (exact) mass is 140 g/mol. The fourth-order valence-corrected chi connectivity index (χ4v) is 1.35. The average molecular weight is 140 g/mol. The maximum atomic E-state index is 8.22. The van der Waals surface area contributed by atoms with Crippen molar-refractivity contribution in [3.8, 4) is 0 Å². The Bertz CT molecular complexity index is 51.4. The van der Waals surface area contributed by atoms with Crippen LogP contribution in [0.25, 0.3) is 0 Å². The molecule has 0 aromatic heterocycles. The Morgan fingerprint density at radius 2 is 1.71 bits per heavy atom. The molecule has 0 saturated carbocycles. The molecule has 0 heterocycles. The molecule has 5 heteroatoms. The van der Waals surface area contributed by atoms with Gasteiger partial charge in [0.05, 0.1) is 0 Å². The van der Waals surface area contributed by atoms with E-state index >= 15 is 0 Å². The van der Waals surface area contributed by atoms with E-state index in [0.29, 0.717) is 5.75 Å². The molecule has 0 aliphatic rings. The van der Waals surface area contributed by atoms with Crippen LogP contribution in [0, 0.1) is 0 Å². The highest BCUT2D eigenvalue weighted by molar-refractivity contribution is 7.80. The van der Waals surface area contributed by atoms with Crippen LogP contribution in [0.5, 0.6) is 0 Å². The lowest BCUT2D eigenvalue weighted by Gasteiger charge is -2.04. The van der Waals surface area contributed by atoms with Crippen molar-refractivity contribution in [1.29, 1.82) is 0 Å². The Labute approximate surface area is 48.4 Å². The number of hydrogen-bond donors (Lipinski definition) is 4. The van der Waals surface area contributed by atoms with Gasteiger partial charge in [-0.3, -0.25) is 0 Å². The standard InChI is InChI=1S/C2H8O3SSi/c3-7(4,5)2-1-6/h3-6H,1-2H2. The van der Waals surface area contributed by atoms with Crippen molar-refractivity contribution in [2.24, 2.45) is 0 Å². The molecule has 0 atom stereocenters. The molecule has 0 radical (unpaired) electrons. The van der Waals surface area contributed by atoms with Crippen LogP contribution in [-0.2, 0) is 0 Å². The summed E-state index contributed by atoms with van der Waals surface area (Å²) in [5.74, 6) is 0.315. The minimum absolute atomic E-state index is 0.0100. The first-order chi connectivity index (χ1) is 3.06. The van der Waals surface area contributed by atoms with Gasteiger partial charge in [-0.1, -0.05) is 0 Å². The molecule has 0 aromatic rings. The second-order valence-corrected chi connectivity index (χ2v) is 3.74. The highest BCUT2D eigenvalue weighted by atomic mass is 32.1. The van der Waals surface area contributed by atoms with E-state index in [-0.39, 0.29) is 6.04 Å². The van der Waals surface area contributed by atoms with E-state index < -0.39 is 8.80 Å². The molecule has 0 saturated heterocycles. The van der Waals surface area contributed by atoms with Crippen LogP contribution in [0.2, 0.25) is 6.04 Å². The van der Waals surface area contributed by atoms with Gasteiger partial charge in [-0.15, -0.1) is 0 Å². The van der Waals surface area contributed by atoms with Crippen LogP contribution >= 0.6 is 12.6 Å². The van der Waals surface area contributed by atoms with E-state index in [4.69, 9.17) is 14.4 Å². The summed E-state index contributed by atoms with van der Waals surface area (Å²) in [7, 11) is -3.73. The summed E-state index contributed by atoms with van der Waals surface area (Å²) in [6.07, 6.45) is 0. The van der Waals surface area contributed by atoms with Crippen molar-refractivity contribution >= 4 is 21.4 Å². The smallest absolute Gasteiger partial charge is 0.390 e. The number of hydrogen-bond acceptors (Lipinski definition) is 4. The maximum absolute atomic E-state index is 8.22. The van der Waals surface area contributed by atoms with Gasteiger partial charge in [0.25, 0.3) is 0 Å². The Kier molecular flexibility index (Phi) is 2.85. The lowest BCUT2D eigenvalue weighted by molar-refractivity contribution is 0.230. The Balaban J connectivity index is 3.15. The Morgan fingerprint density at radius 1 is 1.29 bits per heavy atom. The minimum atomic E-state index is -3.73. The predicted octanol–water partition coefficient (Wildman–Crippen LogP) is -1.17. The third-order valence-electron chi connectivity index (χ3n) is 0.447. The molecule has 7 heavy (non-hydrogen) atoms. The fourth-order valence-electron chi connectivity index (χ4n) is 0.150. The molecular weight excluding hydrogens is 132 g/mol.